The van der Waals surface area contributed by atoms with Gasteiger partial charge in [-0.25, -0.2) is 14.0 Å². The standard InChI is InChI=1S/C17H25FN2O4/c1-16(2,3)23-14(21)19-10-11-9-12(7-8-13(11)18)20-15(22)24-17(4,5)6/h7-9H,10H2,1-6H3,(H,19,21)(H,20,22). The van der Waals surface area contributed by atoms with Crippen LogP contribution in [-0.4, -0.2) is 23.4 Å². The number of nitrogens with one attached hydrogen (secondary N) is 2. The molecular formula is C17H25FN2O4. The minimum atomic E-state index is -0.646. The van der Waals surface area contributed by atoms with Crippen molar-refractivity contribution < 1.29 is 23.5 Å². The van der Waals surface area contributed by atoms with Gasteiger partial charge >= 0.3 is 12.2 Å². The van der Waals surface area contributed by atoms with Gasteiger partial charge in [-0.15, -0.1) is 0 Å². The van der Waals surface area contributed by atoms with Gasteiger partial charge in [0.05, 0.1) is 0 Å². The predicted molar refractivity (Wildman–Crippen MR) is 89.3 cm³/mol. The first-order valence-corrected chi connectivity index (χ1v) is 7.61. The maximum absolute atomic E-state index is 13.8. The van der Waals surface area contributed by atoms with E-state index in [0.29, 0.717) is 5.69 Å². The molecular weight excluding hydrogens is 315 g/mol. The van der Waals surface area contributed by atoms with Gasteiger partial charge in [0, 0.05) is 17.8 Å². The number of amides is 2. The van der Waals surface area contributed by atoms with Crippen molar-refractivity contribution in [2.45, 2.75) is 59.3 Å². The van der Waals surface area contributed by atoms with E-state index in [0.717, 1.165) is 0 Å². The normalized spacial score (nSPS) is 11.6. The molecule has 0 atom stereocenters. The van der Waals surface area contributed by atoms with E-state index in [1.54, 1.807) is 41.5 Å². The second-order valence-corrected chi connectivity index (χ2v) is 7.29. The Hall–Kier alpha value is -2.31. The summed E-state index contributed by atoms with van der Waals surface area (Å²) >= 11 is 0. The fourth-order valence-electron chi connectivity index (χ4n) is 1.69. The van der Waals surface area contributed by atoms with E-state index in [-0.39, 0.29) is 12.1 Å². The lowest BCUT2D eigenvalue weighted by Crippen LogP contribution is -2.32. The van der Waals surface area contributed by atoms with Gasteiger partial charge in [-0.05, 0) is 59.7 Å². The zero-order valence-corrected chi connectivity index (χ0v) is 15.0. The Labute approximate surface area is 141 Å². The minimum Gasteiger partial charge on any atom is -0.444 e. The highest BCUT2D eigenvalue weighted by molar-refractivity contribution is 5.85. The first kappa shape index (κ1) is 19.7. The lowest BCUT2D eigenvalue weighted by Gasteiger charge is -2.20. The second kappa shape index (κ2) is 7.51. The van der Waals surface area contributed by atoms with Crippen molar-refractivity contribution in [1.29, 1.82) is 0 Å². The molecule has 134 valence electrons. The van der Waals surface area contributed by atoms with Gasteiger partial charge in [-0.1, -0.05) is 0 Å². The minimum absolute atomic E-state index is 0.0649. The first-order valence-electron chi connectivity index (χ1n) is 7.61. The number of carbonyl (C=O) groups is 2. The molecule has 1 aromatic rings. The third kappa shape index (κ3) is 7.80. The summed E-state index contributed by atoms with van der Waals surface area (Å²) in [4.78, 5) is 23.3. The molecule has 0 aromatic heterocycles. The highest BCUT2D eigenvalue weighted by Gasteiger charge is 2.18. The maximum atomic E-state index is 13.8. The van der Waals surface area contributed by atoms with Crippen molar-refractivity contribution in [1.82, 2.24) is 5.32 Å². The number of halogens is 1. The number of benzene rings is 1. The van der Waals surface area contributed by atoms with Crippen molar-refractivity contribution in [3.8, 4) is 0 Å². The number of hydrogen-bond acceptors (Lipinski definition) is 4. The van der Waals surface area contributed by atoms with Crippen molar-refractivity contribution >= 4 is 17.9 Å². The molecule has 2 amide bonds. The fourth-order valence-corrected chi connectivity index (χ4v) is 1.69. The molecule has 2 N–H and O–H groups in total. The molecule has 7 heteroatoms. The van der Waals surface area contributed by atoms with Crippen molar-refractivity contribution in [2.24, 2.45) is 0 Å². The van der Waals surface area contributed by atoms with Crippen LogP contribution in [-0.2, 0) is 16.0 Å². The second-order valence-electron chi connectivity index (χ2n) is 7.29. The molecule has 0 unspecified atom stereocenters. The molecule has 0 bridgehead atoms. The van der Waals surface area contributed by atoms with Crippen LogP contribution in [0.2, 0.25) is 0 Å². The van der Waals surface area contributed by atoms with Crippen LogP contribution in [0.15, 0.2) is 18.2 Å². The summed E-state index contributed by atoms with van der Waals surface area (Å²) in [7, 11) is 0. The van der Waals surface area contributed by atoms with Gasteiger partial charge in [-0.3, -0.25) is 5.32 Å². The number of ether oxygens (including phenoxy) is 2. The van der Waals surface area contributed by atoms with Gasteiger partial charge in [0.1, 0.15) is 17.0 Å². The van der Waals surface area contributed by atoms with E-state index in [4.69, 9.17) is 9.47 Å². The quantitative estimate of drug-likeness (QED) is 0.864. The van der Waals surface area contributed by atoms with Crippen molar-refractivity contribution in [3.05, 3.63) is 29.6 Å². The van der Waals surface area contributed by atoms with Crippen LogP contribution in [0.25, 0.3) is 0 Å². The Kier molecular flexibility index (Phi) is 6.17. The predicted octanol–water partition coefficient (Wildman–Crippen LogP) is 4.20. The molecule has 0 saturated carbocycles. The SMILES string of the molecule is CC(C)(C)OC(=O)NCc1cc(NC(=O)OC(C)(C)C)ccc1F. The summed E-state index contributed by atoms with van der Waals surface area (Å²) in [5.41, 5.74) is -0.686. The molecule has 0 aliphatic heterocycles. The Bertz CT molecular complexity index is 604. The smallest absolute Gasteiger partial charge is 0.412 e. The Morgan fingerprint density at radius 3 is 2.08 bits per heavy atom. The Morgan fingerprint density at radius 2 is 1.54 bits per heavy atom. The molecule has 6 nitrogen and oxygen atoms in total. The summed E-state index contributed by atoms with van der Waals surface area (Å²) in [6.45, 7) is 10.4. The summed E-state index contributed by atoms with van der Waals surface area (Å²) in [6.07, 6.45) is -1.28. The van der Waals surface area contributed by atoms with Gasteiger partial charge in [0.2, 0.25) is 0 Å². The topological polar surface area (TPSA) is 76.7 Å². The zero-order valence-electron chi connectivity index (χ0n) is 15.0. The zero-order chi connectivity index (χ0) is 18.5. The van der Waals surface area contributed by atoms with E-state index in [9.17, 15) is 14.0 Å². The van der Waals surface area contributed by atoms with Crippen molar-refractivity contribution in [3.63, 3.8) is 0 Å². The van der Waals surface area contributed by atoms with Crippen LogP contribution in [0, 0.1) is 5.82 Å². The van der Waals surface area contributed by atoms with Crippen molar-refractivity contribution in [2.75, 3.05) is 5.32 Å². The van der Waals surface area contributed by atoms with E-state index in [1.807, 2.05) is 0 Å². The Morgan fingerprint density at radius 1 is 1.00 bits per heavy atom. The monoisotopic (exact) mass is 340 g/mol. The molecule has 0 aliphatic carbocycles. The number of anilines is 1. The molecule has 0 fully saturated rings. The molecule has 0 heterocycles. The van der Waals surface area contributed by atoms with E-state index in [1.165, 1.54) is 18.2 Å². The van der Waals surface area contributed by atoms with Gasteiger partial charge in [-0.2, -0.15) is 0 Å². The number of rotatable bonds is 3. The fraction of sp³-hybridized carbons (Fsp3) is 0.529. The average Bonchev–Trinajstić information content (AvgIpc) is 2.35. The van der Waals surface area contributed by atoms with Gasteiger partial charge < -0.3 is 14.8 Å². The van der Waals surface area contributed by atoms with Crippen LogP contribution >= 0.6 is 0 Å². The molecule has 0 spiro atoms. The lowest BCUT2D eigenvalue weighted by atomic mass is 10.2. The molecule has 24 heavy (non-hydrogen) atoms. The molecule has 0 aliphatic rings. The summed E-state index contributed by atoms with van der Waals surface area (Å²) in [5, 5.41) is 4.99. The summed E-state index contributed by atoms with van der Waals surface area (Å²) < 4.78 is 24.0. The van der Waals surface area contributed by atoms with Crippen LogP contribution in [0.5, 0.6) is 0 Å². The highest BCUT2D eigenvalue weighted by atomic mass is 19.1. The van der Waals surface area contributed by atoms with Crippen LogP contribution < -0.4 is 10.6 Å². The first-order chi connectivity index (χ1) is 10.9. The number of alkyl carbamates (subject to hydrolysis) is 1. The number of hydrogen-bond donors (Lipinski definition) is 2. The van der Waals surface area contributed by atoms with E-state index in [2.05, 4.69) is 10.6 Å². The third-order valence-electron chi connectivity index (χ3n) is 2.51. The largest absolute Gasteiger partial charge is 0.444 e. The summed E-state index contributed by atoms with van der Waals surface area (Å²) in [6, 6.07) is 4.05. The Balaban J connectivity index is 2.69. The lowest BCUT2D eigenvalue weighted by molar-refractivity contribution is 0.0522. The average molecular weight is 340 g/mol. The third-order valence-corrected chi connectivity index (χ3v) is 2.51. The van der Waals surface area contributed by atoms with Crippen LogP contribution in [0.1, 0.15) is 47.1 Å². The molecule has 1 rings (SSSR count). The van der Waals surface area contributed by atoms with Crippen LogP contribution in [0.4, 0.5) is 19.7 Å². The molecule has 0 saturated heterocycles. The van der Waals surface area contributed by atoms with E-state index >= 15 is 0 Å². The van der Waals surface area contributed by atoms with Crippen LogP contribution in [0.3, 0.4) is 0 Å². The summed E-state index contributed by atoms with van der Waals surface area (Å²) in [5.74, 6) is -0.499. The van der Waals surface area contributed by atoms with E-state index < -0.39 is 29.2 Å². The maximum Gasteiger partial charge on any atom is 0.412 e. The molecule has 1 aromatic carbocycles. The highest BCUT2D eigenvalue weighted by Crippen LogP contribution is 2.17. The van der Waals surface area contributed by atoms with Gasteiger partial charge in [0.15, 0.2) is 0 Å². The molecule has 0 radical (unpaired) electrons. The van der Waals surface area contributed by atoms with Gasteiger partial charge in [0.25, 0.3) is 0 Å². The number of carbonyl (C=O) groups excluding carboxylic acids is 2.